The van der Waals surface area contributed by atoms with E-state index in [2.05, 4.69) is 40.1 Å². The molecule has 0 saturated heterocycles. The van der Waals surface area contributed by atoms with Crippen molar-refractivity contribution in [2.75, 3.05) is 24.3 Å². The number of nitrogens with two attached hydrogens (primary N) is 1. The maximum atomic E-state index is 12.8. The number of halogens is 15. The number of carbonyl (C=O) groups is 4. The SMILES string of the molecule is CC(C)(C(=O)O)S(=O)(=O)c1ccc(C(F)(F)F)nc1.CC(C)(C)c1cc(NC(=O)C(C)(C)S(=O)(=O)c2ccc(C(F)(F)F)nc2)no1.CCOC(=O)C(C)(C)S(=O)(=O)c1ccc(C(F)(F)F)nc1.CCOC(=O)C(C)(C)Sc1ccc(C(F)(F)F)nc1.Nc1ccc(C(F)(F)F)nc1. The van der Waals surface area contributed by atoms with Crippen molar-refractivity contribution in [1.29, 1.82) is 0 Å². The molecule has 22 nitrogen and oxygen atoms in total. The van der Waals surface area contributed by atoms with Crippen LogP contribution >= 0.6 is 11.8 Å². The third-order valence-corrected chi connectivity index (χ3v) is 20.9. The molecule has 1 amide bonds. The van der Waals surface area contributed by atoms with E-state index >= 15 is 0 Å². The van der Waals surface area contributed by atoms with Crippen molar-refractivity contribution in [3.8, 4) is 0 Å². The number of aromatic nitrogens is 6. The Morgan fingerprint density at radius 3 is 1.09 bits per heavy atom. The number of amides is 1. The van der Waals surface area contributed by atoms with Crippen molar-refractivity contribution in [3.63, 3.8) is 0 Å². The van der Waals surface area contributed by atoms with Crippen molar-refractivity contribution < 1.29 is 129 Å². The highest BCUT2D eigenvalue weighted by Crippen LogP contribution is 2.38. The van der Waals surface area contributed by atoms with Crippen LogP contribution in [0.5, 0.6) is 0 Å². The molecule has 544 valence electrons. The molecule has 0 aliphatic carbocycles. The van der Waals surface area contributed by atoms with Crippen LogP contribution in [0.15, 0.2) is 122 Å². The Labute approximate surface area is 554 Å². The Morgan fingerprint density at radius 2 is 0.806 bits per heavy atom. The van der Waals surface area contributed by atoms with Crippen LogP contribution in [0.1, 0.15) is 124 Å². The third-order valence-electron chi connectivity index (χ3n) is 12.6. The molecule has 6 aromatic rings. The van der Waals surface area contributed by atoms with Crippen LogP contribution in [0.3, 0.4) is 0 Å². The summed E-state index contributed by atoms with van der Waals surface area (Å²) in [4.78, 5) is 61.4. The summed E-state index contributed by atoms with van der Waals surface area (Å²) in [5.74, 6) is -3.41. The minimum absolute atomic E-state index is 0.0109. The minimum atomic E-state index is -4.70. The monoisotopic (exact) mass is 1500 g/mol. The van der Waals surface area contributed by atoms with Crippen molar-refractivity contribution in [2.45, 2.75) is 165 Å². The number of carboxylic acid groups (broad SMARTS) is 1. The van der Waals surface area contributed by atoms with Gasteiger partial charge in [0.1, 0.15) is 43.7 Å². The van der Waals surface area contributed by atoms with Crippen molar-refractivity contribution in [2.24, 2.45) is 0 Å². The van der Waals surface area contributed by atoms with Gasteiger partial charge < -0.3 is 30.2 Å². The maximum Gasteiger partial charge on any atom is 0.433 e. The summed E-state index contributed by atoms with van der Waals surface area (Å²) in [6.07, 6.45) is -19.1. The van der Waals surface area contributed by atoms with E-state index in [1.54, 1.807) is 20.8 Å². The second-order valence-corrected chi connectivity index (χ2v) is 31.9. The van der Waals surface area contributed by atoms with Crippen LogP contribution in [-0.4, -0.2) is 116 Å². The first-order chi connectivity index (χ1) is 44.1. The number of hydrogen-bond donors (Lipinski definition) is 3. The maximum absolute atomic E-state index is 12.8. The van der Waals surface area contributed by atoms with Crippen LogP contribution in [-0.2, 0) is 94.5 Å². The predicted octanol–water partition coefficient (Wildman–Crippen LogP) is 12.7. The number of nitrogens with zero attached hydrogens (tertiary/aromatic N) is 6. The number of carbonyl (C=O) groups excluding carboxylic acids is 3. The summed E-state index contributed by atoms with van der Waals surface area (Å²) in [6, 6.07) is 9.49. The van der Waals surface area contributed by atoms with Gasteiger partial charge in [0.15, 0.2) is 44.8 Å². The van der Waals surface area contributed by atoms with E-state index in [1.807, 2.05) is 20.8 Å². The molecule has 98 heavy (non-hydrogen) atoms. The van der Waals surface area contributed by atoms with E-state index in [-0.39, 0.29) is 30.1 Å². The number of esters is 2. The molecule has 0 atom stereocenters. The molecule has 6 rings (SSSR count). The summed E-state index contributed by atoms with van der Waals surface area (Å²) in [6.45, 7) is 18.8. The number of carboxylic acids is 1. The third kappa shape index (κ3) is 22.7. The van der Waals surface area contributed by atoms with E-state index in [1.165, 1.54) is 19.1 Å². The fourth-order valence-corrected chi connectivity index (χ4v) is 11.3. The first kappa shape index (κ1) is 85.9. The Kier molecular flexibility index (Phi) is 27.8. The summed E-state index contributed by atoms with van der Waals surface area (Å²) in [5, 5.41) is 14.9. The smallest absolute Gasteiger partial charge is 0.433 e. The van der Waals surface area contributed by atoms with Gasteiger partial charge in [0.2, 0.25) is 5.91 Å². The lowest BCUT2D eigenvalue weighted by Gasteiger charge is -2.23. The lowest BCUT2D eigenvalue weighted by Crippen LogP contribution is -2.44. The van der Waals surface area contributed by atoms with E-state index in [4.69, 9.17) is 20.1 Å². The van der Waals surface area contributed by atoms with Crippen LogP contribution in [0, 0.1) is 0 Å². The number of aliphatic carboxylic acids is 1. The molecular formula is C57H63F15N8O14S4. The van der Waals surface area contributed by atoms with Gasteiger partial charge in [-0.25, -0.2) is 30.2 Å². The van der Waals surface area contributed by atoms with E-state index in [0.717, 1.165) is 96.0 Å². The Balaban J connectivity index is 0.000000427. The van der Waals surface area contributed by atoms with Gasteiger partial charge in [-0.3, -0.25) is 39.1 Å². The number of hydrogen-bond acceptors (Lipinski definition) is 21. The van der Waals surface area contributed by atoms with Crippen LogP contribution in [0.25, 0.3) is 0 Å². The fraction of sp³-hybridized carbons (Fsp3) is 0.439. The number of anilines is 2. The van der Waals surface area contributed by atoms with Gasteiger partial charge in [-0.1, -0.05) is 25.9 Å². The summed E-state index contributed by atoms with van der Waals surface area (Å²) >= 11 is 1.11. The number of nitrogen functional groups attached to an aromatic ring is 1. The predicted molar refractivity (Wildman–Crippen MR) is 319 cm³/mol. The zero-order valence-corrected chi connectivity index (χ0v) is 56.7. The fourth-order valence-electron chi connectivity index (χ4n) is 6.43. The van der Waals surface area contributed by atoms with Gasteiger partial charge in [-0.15, -0.1) is 11.8 Å². The number of sulfone groups is 3. The highest BCUT2D eigenvalue weighted by molar-refractivity contribution is 8.01. The topological polar surface area (TPSA) is 338 Å². The van der Waals surface area contributed by atoms with Crippen molar-refractivity contribution >= 4 is 76.6 Å². The van der Waals surface area contributed by atoms with Crippen LogP contribution < -0.4 is 11.1 Å². The zero-order valence-electron chi connectivity index (χ0n) is 53.5. The average molecular weight is 1500 g/mol. The van der Waals surface area contributed by atoms with E-state index < -0.39 is 146 Å². The number of rotatable bonds is 15. The molecular weight excluding hydrogens is 1430 g/mol. The van der Waals surface area contributed by atoms with Gasteiger partial charge >= 0.3 is 48.8 Å². The molecule has 4 N–H and O–H groups in total. The van der Waals surface area contributed by atoms with E-state index in [9.17, 15) is 110 Å². The molecule has 0 aromatic carbocycles. The summed E-state index contributed by atoms with van der Waals surface area (Å²) in [7, 11) is -12.9. The molecule has 0 unspecified atom stereocenters. The van der Waals surface area contributed by atoms with Gasteiger partial charge in [0.05, 0.1) is 39.8 Å². The largest absolute Gasteiger partial charge is 0.480 e. The number of pyridine rings is 5. The lowest BCUT2D eigenvalue weighted by atomic mass is 9.93. The molecule has 0 spiro atoms. The number of ether oxygens (including phenoxy) is 2. The normalized spacial score (nSPS) is 12.9. The van der Waals surface area contributed by atoms with E-state index in [0.29, 0.717) is 53.5 Å². The molecule has 6 aromatic heterocycles. The van der Waals surface area contributed by atoms with Crippen LogP contribution in [0.4, 0.5) is 77.4 Å². The summed E-state index contributed by atoms with van der Waals surface area (Å²) in [5.41, 5.74) is -0.582. The van der Waals surface area contributed by atoms with Crippen LogP contribution in [0.2, 0.25) is 0 Å². The standard InChI is InChI=1S/C17H20F3N3O4S.C12H14F3NO4S.C12H14F3NO2S.C10H10F3NO4S.C6H5F3N2/c1-15(2,3)12-8-13(23-27-12)22-14(24)16(4,5)28(25,26)10-6-7-11(21-9-10)17(18,19)20;1-4-20-10(17)11(2,3)21(18,19)8-5-6-9(16-7-8)12(13,14)15;1-4-18-10(17)11(2,3)19-8-5-6-9(16-7-8)12(13,14)15;1-9(2,8(15)16)19(17,18)6-3-4-7(14-5-6)10(11,12)13;7-6(8,9)5-2-1-4(10)3-11-5/h6-9H,1-5H3,(H,22,23,24);5-7H,4H2,1-3H3;5-7H,4H2,1-3H3;3-5H,1-2H3,(H,15,16);1-3H,10H2. The van der Waals surface area contributed by atoms with Gasteiger partial charge in [-0.05, 0) is 130 Å². The molecule has 0 aliphatic rings. The highest BCUT2D eigenvalue weighted by Gasteiger charge is 2.47. The second-order valence-electron chi connectivity index (χ2n) is 22.7. The highest BCUT2D eigenvalue weighted by atomic mass is 32.2. The first-order valence-corrected chi connectivity index (χ1v) is 32.6. The van der Waals surface area contributed by atoms with Gasteiger partial charge in [-0.2, -0.15) is 65.9 Å². The summed E-state index contributed by atoms with van der Waals surface area (Å²) < 4.78 is 266. The number of thioether (sulfide) groups is 1. The minimum Gasteiger partial charge on any atom is -0.480 e. The van der Waals surface area contributed by atoms with Gasteiger partial charge in [0.25, 0.3) is 0 Å². The quantitative estimate of drug-likeness (QED) is 0.0488. The molecule has 6 heterocycles. The lowest BCUT2D eigenvalue weighted by molar-refractivity contribution is -0.146. The molecule has 0 fully saturated rings. The molecule has 41 heteroatoms. The Morgan fingerprint density at radius 1 is 0.480 bits per heavy atom. The number of alkyl halides is 15. The second kappa shape index (κ2) is 31.8. The Bertz CT molecular complexity index is 4050. The molecule has 0 aliphatic heterocycles. The van der Waals surface area contributed by atoms with Crippen molar-refractivity contribution in [1.82, 2.24) is 30.1 Å². The molecule has 0 radical (unpaired) electrons. The molecule has 0 bridgehead atoms. The number of nitrogens with one attached hydrogen (secondary N) is 1. The zero-order chi connectivity index (χ0) is 76.2. The molecule has 0 saturated carbocycles. The average Bonchev–Trinajstić information content (AvgIpc) is 0.908. The first-order valence-electron chi connectivity index (χ1n) is 27.3. The van der Waals surface area contributed by atoms with Gasteiger partial charge in [0, 0.05) is 41.2 Å². The van der Waals surface area contributed by atoms with Crippen molar-refractivity contribution in [3.05, 3.63) is 132 Å². The Hall–Kier alpha value is -8.21.